The van der Waals surface area contributed by atoms with Crippen molar-refractivity contribution < 1.29 is 12.8 Å². The summed E-state index contributed by atoms with van der Waals surface area (Å²) >= 11 is 0. The number of fused-ring (bicyclic) bond motifs is 1. The largest absolute Gasteiger partial charge is 0.284 e. The second-order valence-electron chi connectivity index (χ2n) is 6.41. The minimum Gasteiger partial charge on any atom is -0.284 e. The molecule has 4 aromatic rings. The van der Waals surface area contributed by atoms with E-state index in [-0.39, 0.29) is 10.7 Å². The molecule has 0 saturated carbocycles. The third-order valence-electron chi connectivity index (χ3n) is 4.36. The van der Waals surface area contributed by atoms with E-state index in [2.05, 4.69) is 9.97 Å². The molecule has 0 aliphatic rings. The van der Waals surface area contributed by atoms with E-state index in [1.54, 1.807) is 28.8 Å². The van der Waals surface area contributed by atoms with Crippen LogP contribution in [0.5, 0.6) is 0 Å². The number of halogens is 1. The van der Waals surface area contributed by atoms with Gasteiger partial charge < -0.3 is 0 Å². The quantitative estimate of drug-likeness (QED) is 0.539. The highest BCUT2D eigenvalue weighted by Gasteiger charge is 2.18. The maximum absolute atomic E-state index is 14.1. The fourth-order valence-corrected chi connectivity index (χ4v) is 3.92. The Bertz CT molecular complexity index is 1260. The summed E-state index contributed by atoms with van der Waals surface area (Å²) in [6.45, 7) is 1.89. The van der Waals surface area contributed by atoms with E-state index in [0.717, 1.165) is 5.56 Å². The van der Waals surface area contributed by atoms with Crippen LogP contribution in [-0.4, -0.2) is 29.2 Å². The Labute approximate surface area is 156 Å². The minimum absolute atomic E-state index is 0.218. The van der Waals surface area contributed by atoms with Crippen molar-refractivity contribution in [3.63, 3.8) is 0 Å². The molecule has 0 N–H and O–H groups in total. The average Bonchev–Trinajstić information content (AvgIpc) is 3.04. The molecule has 0 amide bonds. The summed E-state index contributed by atoms with van der Waals surface area (Å²) in [5, 5.41) is 0.609. The van der Waals surface area contributed by atoms with Gasteiger partial charge in [-0.25, -0.2) is 22.8 Å². The van der Waals surface area contributed by atoms with Gasteiger partial charge in [-0.15, -0.1) is 0 Å². The second kappa shape index (κ2) is 6.28. The zero-order chi connectivity index (χ0) is 19.2. The molecule has 7 heteroatoms. The number of para-hydroxylation sites is 1. The van der Waals surface area contributed by atoms with Crippen molar-refractivity contribution in [2.24, 2.45) is 0 Å². The number of aromatic nitrogens is 3. The Hall–Kier alpha value is -3.06. The maximum Gasteiger partial charge on any atom is 0.234 e. The van der Waals surface area contributed by atoms with Gasteiger partial charge in [-0.3, -0.25) is 4.57 Å². The number of benzene rings is 2. The van der Waals surface area contributed by atoms with Gasteiger partial charge in [0.05, 0.1) is 10.4 Å². The zero-order valence-corrected chi connectivity index (χ0v) is 15.5. The molecule has 0 bridgehead atoms. The first-order valence-electron chi connectivity index (χ1n) is 8.24. The van der Waals surface area contributed by atoms with Crippen LogP contribution in [0.25, 0.3) is 28.0 Å². The summed E-state index contributed by atoms with van der Waals surface area (Å²) in [5.41, 5.74) is 2.60. The molecule has 5 nitrogen and oxygen atoms in total. The van der Waals surface area contributed by atoms with Gasteiger partial charge in [-0.05, 0) is 25.1 Å². The first-order valence-corrected chi connectivity index (χ1v) is 10.1. The van der Waals surface area contributed by atoms with Gasteiger partial charge in [-0.2, -0.15) is 0 Å². The molecule has 27 heavy (non-hydrogen) atoms. The summed E-state index contributed by atoms with van der Waals surface area (Å²) < 4.78 is 39.9. The van der Waals surface area contributed by atoms with Crippen LogP contribution in [-0.2, 0) is 9.84 Å². The molecule has 136 valence electrons. The Morgan fingerprint density at radius 3 is 2.44 bits per heavy atom. The number of hydrogen-bond acceptors (Lipinski definition) is 4. The van der Waals surface area contributed by atoms with Crippen molar-refractivity contribution in [3.05, 3.63) is 72.4 Å². The monoisotopic (exact) mass is 381 g/mol. The molecule has 0 unspecified atom stereocenters. The van der Waals surface area contributed by atoms with E-state index in [1.807, 2.05) is 19.1 Å². The van der Waals surface area contributed by atoms with Gasteiger partial charge in [0.1, 0.15) is 5.82 Å². The molecule has 0 aliphatic carbocycles. The fourth-order valence-electron chi connectivity index (χ4n) is 3.05. The van der Waals surface area contributed by atoms with Crippen LogP contribution in [0.1, 0.15) is 5.56 Å². The van der Waals surface area contributed by atoms with Crippen LogP contribution in [0.4, 0.5) is 4.39 Å². The van der Waals surface area contributed by atoms with E-state index in [9.17, 15) is 12.8 Å². The van der Waals surface area contributed by atoms with E-state index in [1.165, 1.54) is 30.9 Å². The van der Waals surface area contributed by atoms with Gasteiger partial charge in [-0.1, -0.05) is 29.8 Å². The molecule has 0 aliphatic heterocycles. The molecule has 0 spiro atoms. The molecular formula is C20H16FN3O2S. The Kier molecular flexibility index (Phi) is 4.04. The van der Waals surface area contributed by atoms with Crippen molar-refractivity contribution in [1.29, 1.82) is 0 Å². The highest BCUT2D eigenvalue weighted by Crippen LogP contribution is 2.28. The normalized spacial score (nSPS) is 11.8. The van der Waals surface area contributed by atoms with Crippen LogP contribution >= 0.6 is 0 Å². The lowest BCUT2D eigenvalue weighted by atomic mass is 10.1. The number of rotatable bonds is 3. The Morgan fingerprint density at radius 1 is 1.04 bits per heavy atom. The lowest BCUT2D eigenvalue weighted by Gasteiger charge is -2.07. The van der Waals surface area contributed by atoms with Crippen LogP contribution in [0.2, 0.25) is 0 Å². The lowest BCUT2D eigenvalue weighted by molar-refractivity contribution is 0.602. The van der Waals surface area contributed by atoms with Crippen LogP contribution in [0.3, 0.4) is 0 Å². The zero-order valence-electron chi connectivity index (χ0n) is 14.7. The number of nitrogens with zero attached hydrogens (tertiary/aromatic N) is 3. The summed E-state index contributed by atoms with van der Waals surface area (Å²) in [4.78, 5) is 8.88. The maximum atomic E-state index is 14.1. The molecule has 2 aromatic heterocycles. The van der Waals surface area contributed by atoms with E-state index in [0.29, 0.717) is 28.0 Å². The highest BCUT2D eigenvalue weighted by atomic mass is 32.2. The summed E-state index contributed by atoms with van der Waals surface area (Å²) in [6.07, 6.45) is 5.76. The summed E-state index contributed by atoms with van der Waals surface area (Å²) in [6, 6.07) is 12.0. The van der Waals surface area contributed by atoms with Crippen molar-refractivity contribution in [2.45, 2.75) is 11.8 Å². The van der Waals surface area contributed by atoms with Gasteiger partial charge in [0.2, 0.25) is 5.95 Å². The summed E-state index contributed by atoms with van der Waals surface area (Å²) in [5.74, 6) is -0.0272. The lowest BCUT2D eigenvalue weighted by Crippen LogP contribution is -2.00. The predicted octanol–water partition coefficient (Wildman–Crippen LogP) is 3.94. The van der Waals surface area contributed by atoms with Gasteiger partial charge in [0, 0.05) is 41.4 Å². The molecule has 0 fully saturated rings. The smallest absolute Gasteiger partial charge is 0.234 e. The van der Waals surface area contributed by atoms with Gasteiger partial charge in [0.15, 0.2) is 9.84 Å². The minimum atomic E-state index is -3.40. The third kappa shape index (κ3) is 3.10. The van der Waals surface area contributed by atoms with Gasteiger partial charge >= 0.3 is 0 Å². The highest BCUT2D eigenvalue weighted by molar-refractivity contribution is 7.91. The molecule has 2 aromatic carbocycles. The second-order valence-corrected chi connectivity index (χ2v) is 8.39. The van der Waals surface area contributed by atoms with Gasteiger partial charge in [0.25, 0.3) is 0 Å². The number of hydrogen-bond donors (Lipinski definition) is 0. The molecule has 2 heterocycles. The molecule has 0 saturated heterocycles. The van der Waals surface area contributed by atoms with Crippen LogP contribution in [0, 0.1) is 12.7 Å². The van der Waals surface area contributed by atoms with E-state index >= 15 is 0 Å². The molecule has 0 atom stereocenters. The first kappa shape index (κ1) is 17.4. The molecular weight excluding hydrogens is 365 g/mol. The standard InChI is InChI=1S/C20H16FN3O2S/c1-13-7-8-17(21)16(9-13)14-10-22-20(23-11-14)24-12-19(27(2,25)26)15-5-3-4-6-18(15)24/h3-12H,1-2H3. The Morgan fingerprint density at radius 2 is 1.74 bits per heavy atom. The summed E-state index contributed by atoms with van der Waals surface area (Å²) in [7, 11) is -3.40. The number of sulfone groups is 1. The number of aryl methyl sites for hydroxylation is 1. The molecule has 0 radical (unpaired) electrons. The SMILES string of the molecule is Cc1ccc(F)c(-c2cnc(-n3cc(S(C)(=O)=O)c4ccccc43)nc2)c1. The molecule has 4 rings (SSSR count). The van der Waals surface area contributed by atoms with Crippen molar-refractivity contribution in [2.75, 3.05) is 6.26 Å². The predicted molar refractivity (Wildman–Crippen MR) is 102 cm³/mol. The van der Waals surface area contributed by atoms with Crippen molar-refractivity contribution in [1.82, 2.24) is 14.5 Å². The van der Waals surface area contributed by atoms with E-state index < -0.39 is 9.84 Å². The first-order chi connectivity index (χ1) is 12.8. The van der Waals surface area contributed by atoms with Crippen LogP contribution in [0.15, 0.2) is 66.0 Å². The average molecular weight is 381 g/mol. The van der Waals surface area contributed by atoms with E-state index in [4.69, 9.17) is 0 Å². The topological polar surface area (TPSA) is 64.8 Å². The Balaban J connectivity index is 1.85. The van der Waals surface area contributed by atoms with Crippen molar-refractivity contribution in [3.8, 4) is 17.1 Å². The third-order valence-corrected chi connectivity index (χ3v) is 5.49. The van der Waals surface area contributed by atoms with Crippen molar-refractivity contribution >= 4 is 20.7 Å². The fraction of sp³-hybridized carbons (Fsp3) is 0.100. The van der Waals surface area contributed by atoms with Crippen LogP contribution < -0.4 is 0 Å².